The monoisotopic (exact) mass is 327 g/mol. The Kier molecular flexibility index (Phi) is 6.82. The van der Waals surface area contributed by atoms with E-state index in [-0.39, 0.29) is 12.5 Å². The van der Waals surface area contributed by atoms with Crippen LogP contribution in [0.4, 0.5) is 5.69 Å². The van der Waals surface area contributed by atoms with E-state index in [4.69, 9.17) is 4.74 Å². The van der Waals surface area contributed by atoms with Gasteiger partial charge in [0.05, 0.1) is 13.2 Å². The van der Waals surface area contributed by atoms with Crippen LogP contribution in [0.15, 0.2) is 42.5 Å². The summed E-state index contributed by atoms with van der Waals surface area (Å²) in [5.74, 6) is 0.861. The summed E-state index contributed by atoms with van der Waals surface area (Å²) in [5.41, 5.74) is 3.72. The number of carbonyl (C=O) groups excluding carboxylic acids is 1. The maximum absolute atomic E-state index is 12.0. The highest BCUT2D eigenvalue weighted by molar-refractivity contribution is 5.91. The van der Waals surface area contributed by atoms with E-state index in [1.807, 2.05) is 56.3 Å². The van der Waals surface area contributed by atoms with E-state index < -0.39 is 0 Å². The lowest BCUT2D eigenvalue weighted by atomic mass is 10.1. The third-order valence-electron chi connectivity index (χ3n) is 3.82. The van der Waals surface area contributed by atoms with E-state index in [9.17, 15) is 9.90 Å². The quantitative estimate of drug-likeness (QED) is 0.721. The molecule has 0 radical (unpaired) electrons. The lowest BCUT2D eigenvalue weighted by Gasteiger charge is -2.10. The fourth-order valence-corrected chi connectivity index (χ4v) is 2.40. The van der Waals surface area contributed by atoms with Crippen molar-refractivity contribution in [2.24, 2.45) is 0 Å². The van der Waals surface area contributed by atoms with Gasteiger partial charge in [-0.1, -0.05) is 24.3 Å². The third-order valence-corrected chi connectivity index (χ3v) is 3.82. The average Bonchev–Trinajstić information content (AvgIpc) is 2.56. The number of carbonyl (C=O) groups is 1. The van der Waals surface area contributed by atoms with Crippen LogP contribution in [0.25, 0.3) is 0 Å². The van der Waals surface area contributed by atoms with Crippen molar-refractivity contribution in [2.75, 3.05) is 11.9 Å². The summed E-state index contributed by atoms with van der Waals surface area (Å²) < 4.78 is 5.68. The maximum atomic E-state index is 12.0. The third kappa shape index (κ3) is 5.70. The first-order valence-electron chi connectivity index (χ1n) is 8.28. The molecule has 4 heteroatoms. The molecule has 2 aromatic rings. The first-order chi connectivity index (χ1) is 11.6. The second kappa shape index (κ2) is 9.08. The van der Waals surface area contributed by atoms with Crippen LogP contribution >= 0.6 is 0 Å². The van der Waals surface area contributed by atoms with Gasteiger partial charge in [0.25, 0.3) is 0 Å². The molecule has 0 aliphatic heterocycles. The molecule has 0 aliphatic rings. The minimum absolute atomic E-state index is 0.0104. The number of anilines is 1. The summed E-state index contributed by atoms with van der Waals surface area (Å²) in [5, 5.41) is 12.1. The number of aryl methyl sites for hydroxylation is 2. The smallest absolute Gasteiger partial charge is 0.224 e. The number of rotatable bonds is 8. The number of ether oxygens (including phenoxy) is 1. The van der Waals surface area contributed by atoms with Gasteiger partial charge in [-0.15, -0.1) is 0 Å². The van der Waals surface area contributed by atoms with Gasteiger partial charge in [-0.25, -0.2) is 0 Å². The summed E-state index contributed by atoms with van der Waals surface area (Å²) in [6, 6.07) is 13.5. The molecule has 0 saturated carbocycles. The predicted molar refractivity (Wildman–Crippen MR) is 96.3 cm³/mol. The van der Waals surface area contributed by atoms with E-state index in [2.05, 4.69) is 5.32 Å². The average molecular weight is 327 g/mol. The van der Waals surface area contributed by atoms with E-state index in [0.29, 0.717) is 13.0 Å². The number of benzene rings is 2. The number of hydrogen-bond donors (Lipinski definition) is 2. The van der Waals surface area contributed by atoms with E-state index in [0.717, 1.165) is 35.4 Å². The maximum Gasteiger partial charge on any atom is 0.224 e. The summed E-state index contributed by atoms with van der Waals surface area (Å²) in [4.78, 5) is 12.0. The molecule has 2 N–H and O–H groups in total. The lowest BCUT2D eigenvalue weighted by molar-refractivity contribution is -0.116. The fourth-order valence-electron chi connectivity index (χ4n) is 2.40. The lowest BCUT2D eigenvalue weighted by Crippen LogP contribution is -2.13. The van der Waals surface area contributed by atoms with Crippen molar-refractivity contribution in [3.63, 3.8) is 0 Å². The van der Waals surface area contributed by atoms with Crippen LogP contribution < -0.4 is 10.1 Å². The van der Waals surface area contributed by atoms with Gasteiger partial charge >= 0.3 is 0 Å². The number of nitrogens with one attached hydrogen (secondary N) is 1. The summed E-state index contributed by atoms with van der Waals surface area (Å²) in [7, 11) is 0. The fraction of sp³-hybridized carbons (Fsp3) is 0.350. The predicted octanol–water partition coefficient (Wildman–Crippen LogP) is 3.98. The Hall–Kier alpha value is -2.33. The molecular weight excluding hydrogens is 302 g/mol. The number of unbranched alkanes of at least 4 members (excludes halogenated alkanes) is 1. The highest BCUT2D eigenvalue weighted by Gasteiger charge is 2.06. The van der Waals surface area contributed by atoms with Crippen LogP contribution in [0.5, 0.6) is 5.75 Å². The molecule has 2 aromatic carbocycles. The second-order valence-corrected chi connectivity index (χ2v) is 5.98. The van der Waals surface area contributed by atoms with Crippen molar-refractivity contribution in [3.8, 4) is 5.75 Å². The van der Waals surface area contributed by atoms with Crippen LogP contribution in [-0.2, 0) is 11.4 Å². The first kappa shape index (κ1) is 18.0. The summed E-state index contributed by atoms with van der Waals surface area (Å²) >= 11 is 0. The zero-order valence-electron chi connectivity index (χ0n) is 14.3. The molecule has 0 aromatic heterocycles. The molecule has 0 aliphatic carbocycles. The number of aliphatic hydroxyl groups excluding tert-OH is 1. The second-order valence-electron chi connectivity index (χ2n) is 5.98. The minimum atomic E-state index is -0.0283. The van der Waals surface area contributed by atoms with E-state index in [1.54, 1.807) is 0 Å². The molecule has 0 heterocycles. The van der Waals surface area contributed by atoms with Crippen LogP contribution in [0, 0.1) is 13.8 Å². The summed E-state index contributed by atoms with van der Waals surface area (Å²) in [6.45, 7) is 4.55. The van der Waals surface area contributed by atoms with E-state index in [1.165, 1.54) is 5.56 Å². The van der Waals surface area contributed by atoms with E-state index >= 15 is 0 Å². The SMILES string of the molecule is Cc1cccc(OCCCCC(=O)Nc2cc(CO)ccc2C)c1. The zero-order chi connectivity index (χ0) is 17.4. The highest BCUT2D eigenvalue weighted by Crippen LogP contribution is 2.18. The number of amides is 1. The molecule has 2 rings (SSSR count). The van der Waals surface area contributed by atoms with Crippen molar-refractivity contribution < 1.29 is 14.6 Å². The van der Waals surface area contributed by atoms with Crippen molar-refractivity contribution in [3.05, 3.63) is 59.2 Å². The van der Waals surface area contributed by atoms with Crippen molar-refractivity contribution in [1.29, 1.82) is 0 Å². The Bertz CT molecular complexity index is 682. The molecular formula is C20H25NO3. The van der Waals surface area contributed by atoms with Crippen molar-refractivity contribution >= 4 is 11.6 Å². The van der Waals surface area contributed by atoms with Crippen LogP contribution in [0.1, 0.15) is 36.0 Å². The van der Waals surface area contributed by atoms with Crippen LogP contribution in [-0.4, -0.2) is 17.6 Å². The molecule has 0 saturated heterocycles. The summed E-state index contributed by atoms with van der Waals surface area (Å²) in [6.07, 6.45) is 2.06. The Morgan fingerprint density at radius 3 is 2.71 bits per heavy atom. The Balaban J connectivity index is 1.70. The normalized spacial score (nSPS) is 10.5. The molecule has 0 atom stereocenters. The van der Waals surface area contributed by atoms with Crippen molar-refractivity contribution in [2.45, 2.75) is 39.7 Å². The number of hydrogen-bond acceptors (Lipinski definition) is 3. The molecule has 0 spiro atoms. The number of aliphatic hydroxyl groups is 1. The van der Waals surface area contributed by atoms with Gasteiger partial charge in [-0.2, -0.15) is 0 Å². The van der Waals surface area contributed by atoms with Gasteiger partial charge in [0.15, 0.2) is 0 Å². The molecule has 0 fully saturated rings. The largest absolute Gasteiger partial charge is 0.494 e. The van der Waals surface area contributed by atoms with Crippen LogP contribution in [0.3, 0.4) is 0 Å². The molecule has 0 bridgehead atoms. The van der Waals surface area contributed by atoms with Gasteiger partial charge in [0.2, 0.25) is 5.91 Å². The van der Waals surface area contributed by atoms with Gasteiger partial charge in [0.1, 0.15) is 5.75 Å². The standard InChI is InChI=1S/C20H25NO3/c1-15-6-5-7-18(12-15)24-11-4-3-8-20(23)21-19-13-17(14-22)10-9-16(19)2/h5-7,9-10,12-13,22H,3-4,8,11,14H2,1-2H3,(H,21,23). The Morgan fingerprint density at radius 1 is 1.12 bits per heavy atom. The topological polar surface area (TPSA) is 58.6 Å². The molecule has 4 nitrogen and oxygen atoms in total. The zero-order valence-corrected chi connectivity index (χ0v) is 14.3. The van der Waals surface area contributed by atoms with Crippen molar-refractivity contribution in [1.82, 2.24) is 0 Å². The van der Waals surface area contributed by atoms with Crippen LogP contribution in [0.2, 0.25) is 0 Å². The minimum Gasteiger partial charge on any atom is -0.494 e. The Morgan fingerprint density at radius 2 is 1.96 bits per heavy atom. The van der Waals surface area contributed by atoms with Gasteiger partial charge in [0, 0.05) is 12.1 Å². The van der Waals surface area contributed by atoms with Gasteiger partial charge in [-0.05, 0) is 61.6 Å². The molecule has 1 amide bonds. The van der Waals surface area contributed by atoms with Gasteiger partial charge in [-0.3, -0.25) is 4.79 Å². The molecule has 24 heavy (non-hydrogen) atoms. The van der Waals surface area contributed by atoms with Gasteiger partial charge < -0.3 is 15.2 Å². The highest BCUT2D eigenvalue weighted by atomic mass is 16.5. The molecule has 0 unspecified atom stereocenters. The molecule has 128 valence electrons. The Labute approximate surface area is 143 Å². The first-order valence-corrected chi connectivity index (χ1v) is 8.28.